The van der Waals surface area contributed by atoms with Gasteiger partial charge in [0.2, 0.25) is 10.0 Å². The number of piperidine rings is 1. The Kier molecular flexibility index (Phi) is 4.52. The van der Waals surface area contributed by atoms with Crippen molar-refractivity contribution in [2.45, 2.75) is 23.5 Å². The normalized spacial score (nSPS) is 22.7. The molecule has 2 aliphatic rings. The maximum Gasteiger partial charge on any atom is 0.218 e. The topological polar surface area (TPSA) is 46.6 Å². The van der Waals surface area contributed by atoms with E-state index in [4.69, 9.17) is 16.3 Å². The molecule has 21 heavy (non-hydrogen) atoms. The average molecular weight is 348 g/mol. The van der Waals surface area contributed by atoms with E-state index in [0.29, 0.717) is 18.1 Å². The zero-order valence-electron chi connectivity index (χ0n) is 11.6. The molecule has 0 atom stereocenters. The van der Waals surface area contributed by atoms with Crippen LogP contribution in [-0.2, 0) is 20.5 Å². The Morgan fingerprint density at radius 2 is 2.10 bits per heavy atom. The minimum atomic E-state index is -3.29. The van der Waals surface area contributed by atoms with Gasteiger partial charge in [-0.15, -0.1) is 11.8 Å². The first-order chi connectivity index (χ1) is 9.99. The van der Waals surface area contributed by atoms with Crippen molar-refractivity contribution in [2.24, 2.45) is 0 Å². The van der Waals surface area contributed by atoms with Crippen molar-refractivity contribution in [3.05, 3.63) is 34.9 Å². The van der Waals surface area contributed by atoms with Crippen LogP contribution in [0.15, 0.2) is 24.3 Å². The van der Waals surface area contributed by atoms with Crippen LogP contribution in [0, 0.1) is 0 Å². The highest BCUT2D eigenvalue weighted by Gasteiger charge is 2.41. The summed E-state index contributed by atoms with van der Waals surface area (Å²) in [5, 5.41) is 0.566. The lowest BCUT2D eigenvalue weighted by Gasteiger charge is -2.37. The van der Waals surface area contributed by atoms with Gasteiger partial charge < -0.3 is 4.74 Å². The molecule has 3 rings (SSSR count). The molecule has 1 spiro atoms. The van der Waals surface area contributed by atoms with Gasteiger partial charge in [0.25, 0.3) is 0 Å². The van der Waals surface area contributed by atoms with Gasteiger partial charge in [0, 0.05) is 23.9 Å². The number of sulfonamides is 1. The molecule has 0 unspecified atom stereocenters. The Morgan fingerprint density at radius 1 is 1.33 bits per heavy atom. The van der Waals surface area contributed by atoms with Crippen LogP contribution in [0.3, 0.4) is 0 Å². The third-order valence-electron chi connectivity index (χ3n) is 3.93. The molecule has 0 aliphatic carbocycles. The summed E-state index contributed by atoms with van der Waals surface area (Å²) in [6, 6.07) is 7.03. The number of benzene rings is 1. The van der Waals surface area contributed by atoms with Crippen LogP contribution in [0.5, 0.6) is 0 Å². The van der Waals surface area contributed by atoms with Crippen molar-refractivity contribution < 1.29 is 13.2 Å². The molecular weight excluding hydrogens is 330 g/mol. The molecule has 0 aromatic heterocycles. The molecule has 1 aromatic carbocycles. The zero-order chi connectivity index (χ0) is 14.9. The zero-order valence-corrected chi connectivity index (χ0v) is 14.0. The summed E-state index contributed by atoms with van der Waals surface area (Å²) >= 11 is 7.74. The van der Waals surface area contributed by atoms with Crippen molar-refractivity contribution in [3.8, 4) is 0 Å². The van der Waals surface area contributed by atoms with Gasteiger partial charge in [-0.05, 0) is 30.5 Å². The lowest BCUT2D eigenvalue weighted by atomic mass is 10.1. The predicted molar refractivity (Wildman–Crippen MR) is 86.0 cm³/mol. The van der Waals surface area contributed by atoms with Crippen LogP contribution in [0.25, 0.3) is 0 Å². The summed E-state index contributed by atoms with van der Waals surface area (Å²) in [6.45, 7) is 1.85. The Balaban J connectivity index is 1.66. The SMILES string of the molecule is O=S(=O)(Cc1cccc(Cl)c1)N1CCC2(CC1)OCCS2. The average Bonchev–Trinajstić information content (AvgIpc) is 2.87. The van der Waals surface area contributed by atoms with Crippen molar-refractivity contribution in [1.29, 1.82) is 0 Å². The molecule has 2 aliphatic heterocycles. The van der Waals surface area contributed by atoms with Crippen LogP contribution in [0.1, 0.15) is 18.4 Å². The van der Waals surface area contributed by atoms with Crippen molar-refractivity contribution >= 4 is 33.4 Å². The smallest absolute Gasteiger partial charge is 0.218 e. The van der Waals surface area contributed by atoms with Gasteiger partial charge >= 0.3 is 0 Å². The number of thioether (sulfide) groups is 1. The predicted octanol–water partition coefficient (Wildman–Crippen LogP) is 2.73. The molecule has 2 heterocycles. The van der Waals surface area contributed by atoms with Gasteiger partial charge in [-0.3, -0.25) is 0 Å². The first-order valence-corrected chi connectivity index (χ1v) is 9.97. The van der Waals surface area contributed by atoms with Gasteiger partial charge in [-0.25, -0.2) is 12.7 Å². The maximum absolute atomic E-state index is 12.5. The number of hydrogen-bond donors (Lipinski definition) is 0. The third-order valence-corrected chi connectivity index (χ3v) is 7.44. The molecule has 2 saturated heterocycles. The van der Waals surface area contributed by atoms with E-state index in [1.165, 1.54) is 0 Å². The Morgan fingerprint density at radius 3 is 2.71 bits per heavy atom. The maximum atomic E-state index is 12.5. The first-order valence-electron chi connectivity index (χ1n) is 6.99. The minimum Gasteiger partial charge on any atom is -0.363 e. The highest BCUT2D eigenvalue weighted by molar-refractivity contribution is 8.00. The summed E-state index contributed by atoms with van der Waals surface area (Å²) < 4.78 is 32.4. The van der Waals surface area contributed by atoms with E-state index in [9.17, 15) is 8.42 Å². The van der Waals surface area contributed by atoms with Gasteiger partial charge in [0.05, 0.1) is 12.4 Å². The van der Waals surface area contributed by atoms with E-state index in [2.05, 4.69) is 0 Å². The lowest BCUT2D eigenvalue weighted by molar-refractivity contribution is 0.0161. The summed E-state index contributed by atoms with van der Waals surface area (Å²) in [7, 11) is -3.29. The van der Waals surface area contributed by atoms with Crippen LogP contribution in [0.2, 0.25) is 5.02 Å². The van der Waals surface area contributed by atoms with Gasteiger partial charge in [0.1, 0.15) is 4.93 Å². The van der Waals surface area contributed by atoms with Crippen LogP contribution < -0.4 is 0 Å². The minimum absolute atomic E-state index is 0.00849. The van der Waals surface area contributed by atoms with Gasteiger partial charge in [-0.1, -0.05) is 23.7 Å². The molecule has 0 radical (unpaired) electrons. The molecule has 0 saturated carbocycles. The second-order valence-corrected chi connectivity index (χ2v) is 9.24. The number of halogens is 1. The molecule has 2 fully saturated rings. The Bertz CT molecular complexity index is 604. The van der Waals surface area contributed by atoms with E-state index >= 15 is 0 Å². The summed E-state index contributed by atoms with van der Waals surface area (Å²) in [4.78, 5) is -0.137. The van der Waals surface area contributed by atoms with Crippen molar-refractivity contribution in [2.75, 3.05) is 25.4 Å². The second kappa shape index (κ2) is 6.08. The van der Waals surface area contributed by atoms with E-state index in [1.807, 2.05) is 11.8 Å². The van der Waals surface area contributed by atoms with Gasteiger partial charge in [-0.2, -0.15) is 0 Å². The third kappa shape index (κ3) is 3.56. The van der Waals surface area contributed by atoms with Crippen LogP contribution in [0.4, 0.5) is 0 Å². The molecule has 0 amide bonds. The van der Waals surface area contributed by atoms with E-state index in [0.717, 1.165) is 30.8 Å². The molecule has 7 heteroatoms. The molecular formula is C14H18ClNO3S2. The fourth-order valence-electron chi connectivity index (χ4n) is 2.82. The number of nitrogens with zero attached hydrogens (tertiary/aromatic N) is 1. The highest BCUT2D eigenvalue weighted by Crippen LogP contribution is 2.42. The highest BCUT2D eigenvalue weighted by atomic mass is 35.5. The fourth-order valence-corrected chi connectivity index (χ4v) is 5.73. The first kappa shape index (κ1) is 15.6. The lowest BCUT2D eigenvalue weighted by Crippen LogP contribution is -2.45. The molecule has 0 N–H and O–H groups in total. The van der Waals surface area contributed by atoms with E-state index in [1.54, 1.807) is 28.6 Å². The Labute approximate surface area is 134 Å². The molecule has 1 aromatic rings. The van der Waals surface area contributed by atoms with Crippen molar-refractivity contribution in [3.63, 3.8) is 0 Å². The van der Waals surface area contributed by atoms with E-state index in [-0.39, 0.29) is 10.7 Å². The Hall–Kier alpha value is -0.270. The second-order valence-electron chi connectivity index (χ2n) is 5.39. The summed E-state index contributed by atoms with van der Waals surface area (Å²) in [6.07, 6.45) is 1.54. The standard InChI is InChI=1S/C14H18ClNO3S2/c15-13-3-1-2-12(10-13)11-21(17,18)16-6-4-14(5-7-16)19-8-9-20-14/h1-3,10H,4-9,11H2. The van der Waals surface area contributed by atoms with Crippen LogP contribution >= 0.6 is 23.4 Å². The monoisotopic (exact) mass is 347 g/mol. The van der Waals surface area contributed by atoms with Crippen molar-refractivity contribution in [1.82, 2.24) is 4.31 Å². The summed E-state index contributed by atoms with van der Waals surface area (Å²) in [5.41, 5.74) is 0.731. The molecule has 0 bridgehead atoms. The largest absolute Gasteiger partial charge is 0.363 e. The van der Waals surface area contributed by atoms with Crippen LogP contribution in [-0.4, -0.2) is 43.1 Å². The summed E-state index contributed by atoms with van der Waals surface area (Å²) in [5.74, 6) is 1.02. The number of hydrogen-bond acceptors (Lipinski definition) is 4. The molecule has 4 nitrogen and oxygen atoms in total. The number of ether oxygens (including phenoxy) is 1. The number of rotatable bonds is 3. The fraction of sp³-hybridized carbons (Fsp3) is 0.571. The quantitative estimate of drug-likeness (QED) is 0.843. The van der Waals surface area contributed by atoms with E-state index < -0.39 is 10.0 Å². The van der Waals surface area contributed by atoms with Gasteiger partial charge in [0.15, 0.2) is 0 Å². The molecule has 116 valence electrons.